The van der Waals surface area contributed by atoms with Crippen LogP contribution in [0.25, 0.3) is 22.2 Å². The van der Waals surface area contributed by atoms with Gasteiger partial charge in [-0.2, -0.15) is 13.2 Å². The number of para-hydroxylation sites is 1. The maximum atomic E-state index is 12.9. The Morgan fingerprint density at radius 3 is 2.53 bits per heavy atom. The second kappa shape index (κ2) is 8.90. The molecule has 4 nitrogen and oxygen atoms in total. The lowest BCUT2D eigenvalue weighted by Crippen LogP contribution is -2.24. The Morgan fingerprint density at radius 2 is 1.75 bits per heavy atom. The lowest BCUT2D eigenvalue weighted by molar-refractivity contribution is -0.137. The molecule has 7 heteroatoms. The van der Waals surface area contributed by atoms with E-state index < -0.39 is 11.7 Å². The minimum absolute atomic E-state index is 0.0175. The predicted octanol–water partition coefficient (Wildman–Crippen LogP) is 5.10. The van der Waals surface area contributed by atoms with Gasteiger partial charge in [0.15, 0.2) is 0 Å². The Labute approximate surface area is 182 Å². The molecule has 0 aliphatic heterocycles. The highest BCUT2D eigenvalue weighted by Crippen LogP contribution is 2.29. The monoisotopic (exact) mass is 431 g/mol. The number of amides is 1. The molecule has 4 rings (SSSR count). The summed E-state index contributed by atoms with van der Waals surface area (Å²) in [6.45, 7) is -0.0175. The largest absolute Gasteiger partial charge is 0.416 e. The molecule has 4 aromatic rings. The van der Waals surface area contributed by atoms with Gasteiger partial charge in [0.1, 0.15) is 0 Å². The summed E-state index contributed by atoms with van der Waals surface area (Å²) in [5.41, 5.74) is 2.02. The van der Waals surface area contributed by atoms with Crippen LogP contribution in [0.2, 0.25) is 0 Å². The van der Waals surface area contributed by atoms with Gasteiger partial charge in [-0.3, -0.25) is 9.78 Å². The number of nitrogens with one attached hydrogen (secondary N) is 1. The van der Waals surface area contributed by atoms with E-state index in [4.69, 9.17) is 0 Å². The van der Waals surface area contributed by atoms with Crippen LogP contribution >= 0.6 is 0 Å². The van der Waals surface area contributed by atoms with Crippen LogP contribution < -0.4 is 5.32 Å². The van der Waals surface area contributed by atoms with Crippen LogP contribution in [0.5, 0.6) is 0 Å². The normalized spacial score (nSPS) is 11.0. The molecule has 2 aromatic carbocycles. The first-order chi connectivity index (χ1) is 15.4. The van der Waals surface area contributed by atoms with Gasteiger partial charge in [-0.25, -0.2) is 4.98 Å². The SMILES string of the molecule is O=C(NCC#Cc1cccc(C(F)(F)F)c1)c1cc(-c2ccncc2)nc2ccccc12. The van der Waals surface area contributed by atoms with Crippen LogP contribution in [0.1, 0.15) is 21.5 Å². The molecule has 0 spiro atoms. The zero-order chi connectivity index (χ0) is 22.6. The predicted molar refractivity (Wildman–Crippen MR) is 116 cm³/mol. The molecule has 0 atom stereocenters. The topological polar surface area (TPSA) is 54.9 Å². The van der Waals surface area contributed by atoms with E-state index in [-0.39, 0.29) is 18.0 Å². The van der Waals surface area contributed by atoms with Crippen molar-refractivity contribution < 1.29 is 18.0 Å². The standard InChI is InChI=1S/C25H16F3N3O/c26-25(27,28)19-7-3-5-17(15-19)6-4-12-30-24(32)21-16-23(18-10-13-29-14-11-18)31-22-9-2-1-8-20(21)22/h1-3,5,7-11,13-16H,12H2,(H,30,32). The van der Waals surface area contributed by atoms with Crippen molar-refractivity contribution in [3.8, 4) is 23.1 Å². The highest BCUT2D eigenvalue weighted by Gasteiger charge is 2.30. The maximum Gasteiger partial charge on any atom is 0.416 e. The minimum Gasteiger partial charge on any atom is -0.341 e. The number of halogens is 3. The molecular weight excluding hydrogens is 415 g/mol. The highest BCUT2D eigenvalue weighted by molar-refractivity contribution is 6.07. The summed E-state index contributed by atoms with van der Waals surface area (Å²) in [4.78, 5) is 21.5. The molecule has 32 heavy (non-hydrogen) atoms. The van der Waals surface area contributed by atoms with E-state index in [2.05, 4.69) is 27.1 Å². The van der Waals surface area contributed by atoms with Crippen molar-refractivity contribution in [3.63, 3.8) is 0 Å². The molecule has 0 saturated carbocycles. The van der Waals surface area contributed by atoms with Gasteiger partial charge in [0.25, 0.3) is 5.91 Å². The first-order valence-electron chi connectivity index (χ1n) is 9.66. The van der Waals surface area contributed by atoms with E-state index in [9.17, 15) is 18.0 Å². The summed E-state index contributed by atoms with van der Waals surface area (Å²) in [7, 11) is 0. The van der Waals surface area contributed by atoms with Crippen molar-refractivity contribution in [1.82, 2.24) is 15.3 Å². The van der Waals surface area contributed by atoms with Crippen molar-refractivity contribution in [1.29, 1.82) is 0 Å². The van der Waals surface area contributed by atoms with Crippen molar-refractivity contribution in [2.24, 2.45) is 0 Å². The summed E-state index contributed by atoms with van der Waals surface area (Å²) in [6.07, 6.45) is -1.13. The molecule has 0 saturated heterocycles. The number of carbonyl (C=O) groups excluding carboxylic acids is 1. The van der Waals surface area contributed by atoms with Gasteiger partial charge in [-0.1, -0.05) is 36.1 Å². The van der Waals surface area contributed by atoms with Crippen molar-refractivity contribution in [2.45, 2.75) is 6.18 Å². The minimum atomic E-state index is -4.43. The number of benzene rings is 2. The summed E-state index contributed by atoms with van der Waals surface area (Å²) in [5, 5.41) is 3.40. The molecule has 0 bridgehead atoms. The number of fused-ring (bicyclic) bond motifs is 1. The van der Waals surface area contributed by atoms with Crippen LogP contribution in [0, 0.1) is 11.8 Å². The van der Waals surface area contributed by atoms with Crippen LogP contribution in [0.4, 0.5) is 13.2 Å². The lowest BCUT2D eigenvalue weighted by Gasteiger charge is -2.09. The van der Waals surface area contributed by atoms with E-state index in [0.29, 0.717) is 22.2 Å². The van der Waals surface area contributed by atoms with Gasteiger partial charge in [0.05, 0.1) is 28.9 Å². The Morgan fingerprint density at radius 1 is 0.969 bits per heavy atom. The van der Waals surface area contributed by atoms with E-state index in [1.807, 2.05) is 24.3 Å². The summed E-state index contributed by atoms with van der Waals surface area (Å²) in [6, 6.07) is 17.4. The number of aromatic nitrogens is 2. The molecule has 2 aromatic heterocycles. The third-order valence-corrected chi connectivity index (χ3v) is 4.70. The van der Waals surface area contributed by atoms with Crippen LogP contribution in [0.3, 0.4) is 0 Å². The van der Waals surface area contributed by atoms with Crippen LogP contribution in [-0.2, 0) is 6.18 Å². The zero-order valence-corrected chi connectivity index (χ0v) is 16.6. The number of pyridine rings is 2. The first-order valence-corrected chi connectivity index (χ1v) is 9.66. The van der Waals surface area contributed by atoms with Gasteiger partial charge in [-0.05, 0) is 42.5 Å². The van der Waals surface area contributed by atoms with Gasteiger partial charge in [-0.15, -0.1) is 0 Å². The van der Waals surface area contributed by atoms with Crippen LogP contribution in [0.15, 0.2) is 79.1 Å². The van der Waals surface area contributed by atoms with E-state index in [1.54, 1.807) is 30.6 Å². The number of nitrogens with zero attached hydrogens (tertiary/aromatic N) is 2. The average Bonchev–Trinajstić information content (AvgIpc) is 2.81. The van der Waals surface area contributed by atoms with E-state index in [1.165, 1.54) is 12.1 Å². The number of carbonyl (C=O) groups is 1. The number of rotatable bonds is 3. The Kier molecular flexibility index (Phi) is 5.86. The third-order valence-electron chi connectivity index (χ3n) is 4.70. The molecular formula is C25H16F3N3O. The maximum absolute atomic E-state index is 12.9. The summed E-state index contributed by atoms with van der Waals surface area (Å²) >= 11 is 0. The average molecular weight is 431 g/mol. The molecule has 1 amide bonds. The van der Waals surface area contributed by atoms with Crippen molar-refractivity contribution in [2.75, 3.05) is 6.54 Å². The number of alkyl halides is 3. The molecule has 0 unspecified atom stereocenters. The molecule has 1 N–H and O–H groups in total. The summed E-state index contributed by atoms with van der Waals surface area (Å²) < 4.78 is 38.5. The van der Waals surface area contributed by atoms with E-state index >= 15 is 0 Å². The smallest absolute Gasteiger partial charge is 0.341 e. The van der Waals surface area contributed by atoms with Crippen LogP contribution in [-0.4, -0.2) is 22.4 Å². The van der Waals surface area contributed by atoms with Crippen molar-refractivity contribution in [3.05, 3.63) is 95.8 Å². The fourth-order valence-electron chi connectivity index (χ4n) is 3.17. The van der Waals surface area contributed by atoms with Gasteiger partial charge in [0.2, 0.25) is 0 Å². The van der Waals surface area contributed by atoms with Gasteiger partial charge in [0, 0.05) is 28.9 Å². The highest BCUT2D eigenvalue weighted by atomic mass is 19.4. The molecule has 0 fully saturated rings. The molecule has 0 radical (unpaired) electrons. The van der Waals surface area contributed by atoms with Gasteiger partial charge >= 0.3 is 6.18 Å². The molecule has 0 aliphatic rings. The second-order valence-corrected chi connectivity index (χ2v) is 6.87. The van der Waals surface area contributed by atoms with Crippen molar-refractivity contribution >= 4 is 16.8 Å². The Balaban J connectivity index is 1.56. The fourth-order valence-corrected chi connectivity index (χ4v) is 3.17. The quantitative estimate of drug-likeness (QED) is 0.460. The number of hydrogen-bond acceptors (Lipinski definition) is 3. The fraction of sp³-hybridized carbons (Fsp3) is 0.0800. The number of hydrogen-bond donors (Lipinski definition) is 1. The third kappa shape index (κ3) is 4.76. The molecule has 2 heterocycles. The Bertz CT molecular complexity index is 1340. The molecule has 0 aliphatic carbocycles. The Hall–Kier alpha value is -4.18. The first kappa shape index (κ1) is 21.1. The van der Waals surface area contributed by atoms with E-state index in [0.717, 1.165) is 17.7 Å². The lowest BCUT2D eigenvalue weighted by atomic mass is 10.0. The molecule has 158 valence electrons. The summed E-state index contributed by atoms with van der Waals surface area (Å²) in [5.74, 6) is 5.01. The van der Waals surface area contributed by atoms with Gasteiger partial charge < -0.3 is 5.32 Å². The second-order valence-electron chi connectivity index (χ2n) is 6.87. The zero-order valence-electron chi connectivity index (χ0n) is 16.6.